The Kier molecular flexibility index (Phi) is 3.78. The van der Waals surface area contributed by atoms with Crippen molar-refractivity contribution in [3.05, 3.63) is 78.3 Å². The Bertz CT molecular complexity index is 847. The first-order valence-corrected chi connectivity index (χ1v) is 8.24. The van der Waals surface area contributed by atoms with Crippen molar-refractivity contribution in [3.8, 4) is 11.3 Å². The molecule has 4 nitrogen and oxygen atoms in total. The lowest BCUT2D eigenvalue weighted by Gasteiger charge is -2.21. The van der Waals surface area contributed by atoms with Crippen molar-refractivity contribution in [1.29, 1.82) is 0 Å². The number of hydrogen-bond donors (Lipinski definition) is 1. The van der Waals surface area contributed by atoms with Crippen LogP contribution in [0.3, 0.4) is 0 Å². The number of hydrogen-bond acceptors (Lipinski definition) is 3. The predicted octanol–water partition coefficient (Wildman–Crippen LogP) is 3.94. The molecule has 24 heavy (non-hydrogen) atoms. The Morgan fingerprint density at radius 1 is 1.04 bits per heavy atom. The highest BCUT2D eigenvalue weighted by atomic mass is 32.1. The minimum absolute atomic E-state index is 0.0233. The summed E-state index contributed by atoms with van der Waals surface area (Å²) in [7, 11) is 1.98. The van der Waals surface area contributed by atoms with Crippen LogP contribution in [0.2, 0.25) is 0 Å². The molecule has 5 heteroatoms. The van der Waals surface area contributed by atoms with Crippen LogP contribution in [0.5, 0.6) is 0 Å². The van der Waals surface area contributed by atoms with Gasteiger partial charge >= 0.3 is 0 Å². The van der Waals surface area contributed by atoms with Crippen molar-refractivity contribution in [2.24, 2.45) is 0 Å². The first-order chi connectivity index (χ1) is 11.7. The quantitative estimate of drug-likeness (QED) is 0.734. The maximum Gasteiger partial charge on any atom is 0.170 e. The van der Waals surface area contributed by atoms with Gasteiger partial charge in [-0.25, -0.2) is 0 Å². The normalized spacial score (nSPS) is 20.2. The van der Waals surface area contributed by atoms with Gasteiger partial charge in [0.15, 0.2) is 5.11 Å². The van der Waals surface area contributed by atoms with Crippen LogP contribution in [0, 0.1) is 0 Å². The van der Waals surface area contributed by atoms with Crippen molar-refractivity contribution in [1.82, 2.24) is 15.2 Å². The fourth-order valence-electron chi connectivity index (χ4n) is 3.08. The molecule has 0 bridgehead atoms. The van der Waals surface area contributed by atoms with Crippen LogP contribution < -0.4 is 5.32 Å². The summed E-state index contributed by atoms with van der Waals surface area (Å²) in [6.45, 7) is 0. The van der Waals surface area contributed by atoms with E-state index in [1.807, 2.05) is 72.6 Å². The van der Waals surface area contributed by atoms with Crippen LogP contribution in [0.15, 0.2) is 71.3 Å². The third-order valence-electron chi connectivity index (χ3n) is 4.32. The second kappa shape index (κ2) is 6.09. The molecule has 0 spiro atoms. The van der Waals surface area contributed by atoms with Crippen LogP contribution in [0.4, 0.5) is 0 Å². The average molecular weight is 335 g/mol. The molecule has 1 fully saturated rings. The molecule has 3 heterocycles. The van der Waals surface area contributed by atoms with Crippen molar-refractivity contribution in [2.45, 2.75) is 12.1 Å². The summed E-state index contributed by atoms with van der Waals surface area (Å²) in [5.74, 6) is 1.73. The molecule has 0 aliphatic carbocycles. The van der Waals surface area contributed by atoms with Gasteiger partial charge in [-0.3, -0.25) is 4.98 Å². The van der Waals surface area contributed by atoms with Gasteiger partial charge in [-0.1, -0.05) is 36.4 Å². The smallest absolute Gasteiger partial charge is 0.170 e. The highest BCUT2D eigenvalue weighted by Crippen LogP contribution is 2.39. The molecule has 0 unspecified atom stereocenters. The number of furan rings is 1. The Balaban J connectivity index is 1.71. The molecule has 1 aliphatic rings. The molecule has 2 atom stereocenters. The van der Waals surface area contributed by atoms with Gasteiger partial charge in [0.05, 0.1) is 11.7 Å². The van der Waals surface area contributed by atoms with Gasteiger partial charge in [0.1, 0.15) is 17.6 Å². The number of pyridine rings is 1. The molecule has 0 amide bonds. The van der Waals surface area contributed by atoms with Gasteiger partial charge < -0.3 is 14.6 Å². The van der Waals surface area contributed by atoms with Gasteiger partial charge in [0.25, 0.3) is 0 Å². The number of rotatable bonds is 3. The molecule has 0 radical (unpaired) electrons. The SMILES string of the molecule is CN1C(=S)N[C@@H](c2ccccn2)[C@@H]1c1ccc(-c2ccccc2)o1. The van der Waals surface area contributed by atoms with Gasteiger partial charge in [0, 0.05) is 18.8 Å². The summed E-state index contributed by atoms with van der Waals surface area (Å²) < 4.78 is 6.16. The van der Waals surface area contributed by atoms with Gasteiger partial charge in [0.2, 0.25) is 0 Å². The number of benzene rings is 1. The van der Waals surface area contributed by atoms with Crippen LogP contribution in [-0.4, -0.2) is 22.0 Å². The molecule has 2 aromatic heterocycles. The van der Waals surface area contributed by atoms with Gasteiger partial charge in [-0.15, -0.1) is 0 Å². The van der Waals surface area contributed by atoms with E-state index in [0.29, 0.717) is 5.11 Å². The molecule has 0 saturated carbocycles. The first kappa shape index (κ1) is 14.9. The zero-order valence-corrected chi connectivity index (χ0v) is 14.0. The molecule has 1 aliphatic heterocycles. The second-order valence-corrected chi connectivity index (χ2v) is 6.19. The Morgan fingerprint density at radius 2 is 1.83 bits per heavy atom. The number of nitrogens with zero attached hydrogens (tertiary/aromatic N) is 2. The Morgan fingerprint density at radius 3 is 2.58 bits per heavy atom. The van der Waals surface area contributed by atoms with E-state index < -0.39 is 0 Å². The number of likely N-dealkylation sites (N-methyl/N-ethyl adjacent to an activating group) is 1. The maximum atomic E-state index is 6.16. The fraction of sp³-hybridized carbons (Fsp3) is 0.158. The molecule has 1 N–H and O–H groups in total. The van der Waals surface area contributed by atoms with Crippen molar-refractivity contribution < 1.29 is 4.42 Å². The fourth-order valence-corrected chi connectivity index (χ4v) is 3.32. The van der Waals surface area contributed by atoms with Gasteiger partial charge in [-0.2, -0.15) is 0 Å². The van der Waals surface area contributed by atoms with E-state index in [0.717, 1.165) is 22.8 Å². The average Bonchev–Trinajstić information content (AvgIpc) is 3.22. The summed E-state index contributed by atoms with van der Waals surface area (Å²) in [6.07, 6.45) is 1.80. The number of nitrogens with one attached hydrogen (secondary N) is 1. The minimum Gasteiger partial charge on any atom is -0.459 e. The van der Waals surface area contributed by atoms with Crippen molar-refractivity contribution in [2.75, 3.05) is 7.05 Å². The predicted molar refractivity (Wildman–Crippen MR) is 97.4 cm³/mol. The molecular formula is C19H17N3OS. The standard InChI is InChI=1S/C19H17N3OS/c1-22-18(17(21-19(22)24)14-9-5-6-12-20-14)16-11-10-15(23-16)13-7-3-2-4-8-13/h2-12,17-18H,1H3,(H,21,24)/t17-,18-/m0/s1. The van der Waals surface area contributed by atoms with Crippen molar-refractivity contribution in [3.63, 3.8) is 0 Å². The molecular weight excluding hydrogens is 318 g/mol. The highest BCUT2D eigenvalue weighted by molar-refractivity contribution is 7.80. The monoisotopic (exact) mass is 335 g/mol. The largest absolute Gasteiger partial charge is 0.459 e. The van der Waals surface area contributed by atoms with Crippen LogP contribution >= 0.6 is 12.2 Å². The summed E-state index contributed by atoms with van der Waals surface area (Å²) >= 11 is 5.44. The lowest BCUT2D eigenvalue weighted by Crippen LogP contribution is -2.24. The second-order valence-electron chi connectivity index (χ2n) is 5.81. The van der Waals surface area contributed by atoms with E-state index >= 15 is 0 Å². The zero-order chi connectivity index (χ0) is 16.5. The molecule has 1 aromatic carbocycles. The van der Waals surface area contributed by atoms with E-state index in [1.165, 1.54) is 0 Å². The van der Waals surface area contributed by atoms with Crippen molar-refractivity contribution >= 4 is 17.3 Å². The first-order valence-electron chi connectivity index (χ1n) is 7.83. The van der Waals surface area contributed by atoms with E-state index in [9.17, 15) is 0 Å². The molecule has 3 aromatic rings. The Labute approximate surface area is 146 Å². The molecule has 4 rings (SSSR count). The van der Waals surface area contributed by atoms with Crippen LogP contribution in [0.1, 0.15) is 23.5 Å². The Hall–Kier alpha value is -2.66. The van der Waals surface area contributed by atoms with Crippen LogP contribution in [-0.2, 0) is 0 Å². The van der Waals surface area contributed by atoms with E-state index in [4.69, 9.17) is 16.6 Å². The van der Waals surface area contributed by atoms with E-state index in [1.54, 1.807) is 6.20 Å². The third kappa shape index (κ3) is 2.57. The maximum absolute atomic E-state index is 6.16. The highest BCUT2D eigenvalue weighted by Gasteiger charge is 2.39. The van der Waals surface area contributed by atoms with E-state index in [2.05, 4.69) is 10.3 Å². The summed E-state index contributed by atoms with van der Waals surface area (Å²) in [5, 5.41) is 4.05. The lowest BCUT2D eigenvalue weighted by molar-refractivity contribution is 0.310. The molecule has 1 saturated heterocycles. The molecule has 120 valence electrons. The third-order valence-corrected chi connectivity index (χ3v) is 4.72. The van der Waals surface area contributed by atoms with E-state index in [-0.39, 0.29) is 12.1 Å². The topological polar surface area (TPSA) is 41.3 Å². The summed E-state index contributed by atoms with van der Waals surface area (Å²) in [5.41, 5.74) is 2.01. The number of aromatic nitrogens is 1. The summed E-state index contributed by atoms with van der Waals surface area (Å²) in [6, 6.07) is 20.0. The summed E-state index contributed by atoms with van der Waals surface area (Å²) in [4.78, 5) is 6.51. The number of thiocarbonyl (C=S) groups is 1. The van der Waals surface area contributed by atoms with Gasteiger partial charge in [-0.05, 0) is 36.5 Å². The minimum atomic E-state index is -0.0292. The van der Waals surface area contributed by atoms with Crippen LogP contribution in [0.25, 0.3) is 11.3 Å². The lowest BCUT2D eigenvalue weighted by atomic mass is 10.0. The zero-order valence-electron chi connectivity index (χ0n) is 13.2.